The van der Waals surface area contributed by atoms with Crippen LogP contribution in [0.2, 0.25) is 0 Å². The number of rotatable bonds is 3. The molecule has 2 fully saturated rings. The lowest BCUT2D eigenvalue weighted by Crippen LogP contribution is -2.49. The first-order valence-electron chi connectivity index (χ1n) is 10.0. The molecule has 27 heavy (non-hydrogen) atoms. The Hall–Kier alpha value is -2.04. The summed E-state index contributed by atoms with van der Waals surface area (Å²) in [5.74, 6) is 1.19. The molecule has 3 rings (SSSR count). The highest BCUT2D eigenvalue weighted by atomic mass is 16.5. The predicted octanol–water partition coefficient (Wildman–Crippen LogP) is 3.48. The molecular weight excluding hydrogens is 340 g/mol. The minimum Gasteiger partial charge on any atom is -0.497 e. The van der Waals surface area contributed by atoms with Gasteiger partial charge in [-0.2, -0.15) is 0 Å². The molecule has 2 heterocycles. The molecule has 148 valence electrons. The molecule has 1 aromatic rings. The van der Waals surface area contributed by atoms with Crippen LogP contribution in [-0.4, -0.2) is 42.5 Å². The molecule has 0 radical (unpaired) electrons. The third-order valence-electron chi connectivity index (χ3n) is 5.65. The van der Waals surface area contributed by atoms with Crippen LogP contribution in [0.3, 0.4) is 0 Å². The Kier molecular flexibility index (Phi) is 5.78. The minimum atomic E-state index is -0.0501. The van der Waals surface area contributed by atoms with Gasteiger partial charge in [0, 0.05) is 25.3 Å². The number of carbonyl (C=O) groups excluding carboxylic acids is 2. The van der Waals surface area contributed by atoms with Crippen LogP contribution in [0.1, 0.15) is 64.4 Å². The second kappa shape index (κ2) is 7.91. The fourth-order valence-corrected chi connectivity index (χ4v) is 4.38. The van der Waals surface area contributed by atoms with Gasteiger partial charge in [0.05, 0.1) is 19.2 Å². The third-order valence-corrected chi connectivity index (χ3v) is 5.65. The van der Waals surface area contributed by atoms with E-state index in [9.17, 15) is 9.59 Å². The molecule has 5 heteroatoms. The third kappa shape index (κ3) is 4.63. The molecule has 3 atom stereocenters. The van der Waals surface area contributed by atoms with Gasteiger partial charge in [0.25, 0.3) is 0 Å². The van der Waals surface area contributed by atoms with Crippen LogP contribution in [0.15, 0.2) is 24.3 Å². The molecule has 2 aliphatic rings. The average Bonchev–Trinajstić information content (AvgIpc) is 2.93. The molecular formula is C22H32N2O3. The van der Waals surface area contributed by atoms with Crippen molar-refractivity contribution in [1.82, 2.24) is 10.2 Å². The largest absolute Gasteiger partial charge is 0.497 e. The monoisotopic (exact) mass is 372 g/mol. The van der Waals surface area contributed by atoms with Gasteiger partial charge in [-0.15, -0.1) is 0 Å². The van der Waals surface area contributed by atoms with Gasteiger partial charge in [-0.25, -0.2) is 0 Å². The first-order valence-corrected chi connectivity index (χ1v) is 10.0. The second-order valence-electron chi connectivity index (χ2n) is 9.07. The Morgan fingerprint density at radius 1 is 1.30 bits per heavy atom. The highest BCUT2D eigenvalue weighted by Gasteiger charge is 2.45. The summed E-state index contributed by atoms with van der Waals surface area (Å²) in [5.41, 5.74) is 1.07. The minimum absolute atomic E-state index is 0.0335. The maximum Gasteiger partial charge on any atom is 0.223 e. The fourth-order valence-electron chi connectivity index (χ4n) is 4.38. The summed E-state index contributed by atoms with van der Waals surface area (Å²) in [4.78, 5) is 27.5. The molecule has 5 nitrogen and oxygen atoms in total. The average molecular weight is 373 g/mol. The van der Waals surface area contributed by atoms with E-state index < -0.39 is 0 Å². The highest BCUT2D eigenvalue weighted by molar-refractivity contribution is 5.79. The number of benzene rings is 1. The summed E-state index contributed by atoms with van der Waals surface area (Å²) >= 11 is 0. The van der Waals surface area contributed by atoms with Crippen molar-refractivity contribution in [3.05, 3.63) is 29.8 Å². The van der Waals surface area contributed by atoms with E-state index in [4.69, 9.17) is 4.74 Å². The second-order valence-corrected chi connectivity index (χ2v) is 9.07. The number of nitrogens with one attached hydrogen (secondary N) is 1. The maximum atomic E-state index is 13.1. The number of methoxy groups -OCH3 is 1. The van der Waals surface area contributed by atoms with Gasteiger partial charge in [0.1, 0.15) is 5.75 Å². The molecule has 2 saturated heterocycles. The van der Waals surface area contributed by atoms with Crippen LogP contribution in [0.25, 0.3) is 0 Å². The van der Waals surface area contributed by atoms with E-state index in [-0.39, 0.29) is 35.2 Å². The van der Waals surface area contributed by atoms with Crippen molar-refractivity contribution in [3.8, 4) is 5.75 Å². The Morgan fingerprint density at radius 3 is 2.78 bits per heavy atom. The Labute approximate surface area is 162 Å². The van der Waals surface area contributed by atoms with Gasteiger partial charge in [0.15, 0.2) is 0 Å². The molecule has 0 unspecified atom stereocenters. The van der Waals surface area contributed by atoms with Crippen molar-refractivity contribution in [1.29, 1.82) is 0 Å². The van der Waals surface area contributed by atoms with Crippen molar-refractivity contribution in [2.45, 2.75) is 70.9 Å². The van der Waals surface area contributed by atoms with E-state index >= 15 is 0 Å². The van der Waals surface area contributed by atoms with Crippen LogP contribution in [-0.2, 0) is 9.59 Å². The van der Waals surface area contributed by atoms with E-state index in [2.05, 4.69) is 32.2 Å². The van der Waals surface area contributed by atoms with Crippen molar-refractivity contribution in [2.75, 3.05) is 13.7 Å². The highest BCUT2D eigenvalue weighted by Crippen LogP contribution is 2.38. The van der Waals surface area contributed by atoms with Crippen LogP contribution < -0.4 is 10.1 Å². The molecule has 1 N–H and O–H groups in total. The Balaban J connectivity index is 1.92. The lowest BCUT2D eigenvalue weighted by Gasteiger charge is -2.32. The van der Waals surface area contributed by atoms with Crippen molar-refractivity contribution in [2.24, 2.45) is 5.41 Å². The van der Waals surface area contributed by atoms with Crippen molar-refractivity contribution >= 4 is 11.8 Å². The normalized spacial score (nSPS) is 26.0. The van der Waals surface area contributed by atoms with Gasteiger partial charge in [-0.1, -0.05) is 39.3 Å². The zero-order valence-corrected chi connectivity index (χ0v) is 17.0. The van der Waals surface area contributed by atoms with Gasteiger partial charge in [-0.3, -0.25) is 9.59 Å². The van der Waals surface area contributed by atoms with E-state index in [1.165, 1.54) is 0 Å². The number of nitrogens with zero attached hydrogens (tertiary/aromatic N) is 1. The summed E-state index contributed by atoms with van der Waals surface area (Å²) < 4.78 is 5.39. The summed E-state index contributed by atoms with van der Waals surface area (Å²) in [7, 11) is 1.66. The summed E-state index contributed by atoms with van der Waals surface area (Å²) in [6, 6.07) is 8.05. The number of carbonyl (C=O) groups is 2. The van der Waals surface area contributed by atoms with E-state index in [1.54, 1.807) is 7.11 Å². The maximum absolute atomic E-state index is 13.1. The first kappa shape index (κ1) is 19.7. The van der Waals surface area contributed by atoms with Crippen molar-refractivity contribution < 1.29 is 14.3 Å². The predicted molar refractivity (Wildman–Crippen MR) is 106 cm³/mol. The SMILES string of the molecule is COc1cccc([C@@H]2CN(C(=O)CC(C)(C)C)[C@@H]3CCCCC(=O)N[C@H]32)c1. The first-order chi connectivity index (χ1) is 12.8. The van der Waals surface area contributed by atoms with Crippen LogP contribution in [0.4, 0.5) is 0 Å². The van der Waals surface area contributed by atoms with E-state index in [0.29, 0.717) is 19.4 Å². The van der Waals surface area contributed by atoms with Gasteiger partial charge >= 0.3 is 0 Å². The molecule has 0 spiro atoms. The smallest absolute Gasteiger partial charge is 0.223 e. The van der Waals surface area contributed by atoms with Crippen LogP contribution in [0.5, 0.6) is 5.75 Å². The van der Waals surface area contributed by atoms with Gasteiger partial charge in [-0.05, 0) is 36.0 Å². The summed E-state index contributed by atoms with van der Waals surface area (Å²) in [6.07, 6.45) is 3.92. The number of fused-ring (bicyclic) bond motifs is 1. The lowest BCUT2D eigenvalue weighted by molar-refractivity contribution is -0.135. The number of ether oxygens (including phenoxy) is 1. The molecule has 1 aromatic carbocycles. The zero-order chi connectivity index (χ0) is 19.6. The van der Waals surface area contributed by atoms with Crippen molar-refractivity contribution in [3.63, 3.8) is 0 Å². The molecule has 0 aromatic heterocycles. The topological polar surface area (TPSA) is 58.6 Å². The van der Waals surface area contributed by atoms with E-state index in [1.807, 2.05) is 23.1 Å². The fraction of sp³-hybridized carbons (Fsp3) is 0.636. The number of hydrogen-bond donors (Lipinski definition) is 1. The molecule has 0 saturated carbocycles. The molecule has 2 amide bonds. The molecule has 2 aliphatic heterocycles. The summed E-state index contributed by atoms with van der Waals surface area (Å²) in [5, 5.41) is 3.24. The Morgan fingerprint density at radius 2 is 2.07 bits per heavy atom. The number of hydrogen-bond acceptors (Lipinski definition) is 3. The van der Waals surface area contributed by atoms with Crippen LogP contribution >= 0.6 is 0 Å². The van der Waals surface area contributed by atoms with Gasteiger partial charge in [0.2, 0.25) is 11.8 Å². The van der Waals surface area contributed by atoms with E-state index in [0.717, 1.165) is 30.6 Å². The van der Waals surface area contributed by atoms with Crippen LogP contribution in [0, 0.1) is 5.41 Å². The summed E-state index contributed by atoms with van der Waals surface area (Å²) in [6.45, 7) is 6.94. The van der Waals surface area contributed by atoms with Gasteiger partial charge < -0.3 is 15.0 Å². The number of amides is 2. The quantitative estimate of drug-likeness (QED) is 0.884. The molecule has 0 aliphatic carbocycles. The Bertz CT molecular complexity index is 695. The lowest BCUT2D eigenvalue weighted by atomic mass is 9.88. The number of likely N-dealkylation sites (tertiary alicyclic amines) is 1. The zero-order valence-electron chi connectivity index (χ0n) is 17.0. The standard InChI is InChI=1S/C22H32N2O3/c1-22(2,3)13-20(26)24-14-17(15-8-7-9-16(12-15)27-4)21-18(24)10-5-6-11-19(25)23-21/h7-9,12,17-18,21H,5-6,10-11,13-14H2,1-4H3,(H,23,25)/t17-,18+,21-/m0/s1. The molecule has 0 bridgehead atoms.